The second-order valence-electron chi connectivity index (χ2n) is 9.53. The Balaban J connectivity index is 1.47. The SMILES string of the molecule is O=C(CN(CCOc1ccc2c(c1)CCC2)S(=O)(=O)c1ccc(Cl)cc1Cl)NC(CCc1ccccc1)C(=O)O. The number of amides is 1. The van der Waals surface area contributed by atoms with Gasteiger partial charge in [0.25, 0.3) is 0 Å². The molecule has 0 aliphatic heterocycles. The smallest absolute Gasteiger partial charge is 0.326 e. The molecule has 8 nitrogen and oxygen atoms in total. The van der Waals surface area contributed by atoms with Crippen molar-refractivity contribution in [2.24, 2.45) is 0 Å². The van der Waals surface area contributed by atoms with E-state index in [0.717, 1.165) is 29.1 Å². The Kier molecular flexibility index (Phi) is 10.1. The lowest BCUT2D eigenvalue weighted by atomic mass is 10.1. The number of ether oxygens (including phenoxy) is 1. The number of nitrogens with one attached hydrogen (secondary N) is 1. The van der Waals surface area contributed by atoms with Crippen LogP contribution in [0.5, 0.6) is 5.75 Å². The maximum Gasteiger partial charge on any atom is 0.326 e. The fraction of sp³-hybridized carbons (Fsp3) is 0.310. The summed E-state index contributed by atoms with van der Waals surface area (Å²) >= 11 is 12.2. The molecule has 0 aromatic heterocycles. The Hall–Kier alpha value is -3.11. The summed E-state index contributed by atoms with van der Waals surface area (Å²) in [5.74, 6) is -1.36. The topological polar surface area (TPSA) is 113 Å². The number of nitrogens with zero attached hydrogens (tertiary/aromatic N) is 1. The Bertz CT molecular complexity index is 1470. The van der Waals surface area contributed by atoms with Gasteiger partial charge in [-0.05, 0) is 79.1 Å². The average Bonchev–Trinajstić information content (AvgIpc) is 3.38. The van der Waals surface area contributed by atoms with Gasteiger partial charge in [0.1, 0.15) is 23.3 Å². The van der Waals surface area contributed by atoms with E-state index < -0.39 is 34.5 Å². The summed E-state index contributed by atoms with van der Waals surface area (Å²) in [4.78, 5) is 24.6. The molecule has 0 fully saturated rings. The molecule has 0 radical (unpaired) electrons. The van der Waals surface area contributed by atoms with Gasteiger partial charge in [0.15, 0.2) is 0 Å². The standard InChI is InChI=1S/C29H30Cl2N2O6S/c30-23-11-14-27(25(31)18-23)40(37,38)33(15-16-39-24-12-10-21-7-4-8-22(21)17-24)19-28(34)32-26(29(35)36)13-9-20-5-2-1-3-6-20/h1-3,5-6,10-12,14,17-18,26H,4,7-9,13,15-16,19H2,(H,32,34)(H,35,36). The molecular weight excluding hydrogens is 575 g/mol. The molecule has 0 heterocycles. The van der Waals surface area contributed by atoms with Gasteiger partial charge in [-0.15, -0.1) is 0 Å². The third-order valence-corrected chi connectivity index (χ3v) is 9.27. The number of sulfonamides is 1. The molecule has 0 bridgehead atoms. The minimum absolute atomic E-state index is 0.0348. The molecule has 1 aliphatic rings. The second kappa shape index (κ2) is 13.5. The number of carbonyl (C=O) groups is 2. The molecule has 11 heteroatoms. The van der Waals surface area contributed by atoms with Crippen LogP contribution in [0, 0.1) is 0 Å². The van der Waals surface area contributed by atoms with Crippen molar-refractivity contribution in [3.63, 3.8) is 0 Å². The molecule has 1 unspecified atom stereocenters. The van der Waals surface area contributed by atoms with Gasteiger partial charge in [0.2, 0.25) is 15.9 Å². The van der Waals surface area contributed by atoms with Gasteiger partial charge in [-0.3, -0.25) is 4.79 Å². The first-order valence-corrected chi connectivity index (χ1v) is 15.1. The van der Waals surface area contributed by atoms with Gasteiger partial charge in [0, 0.05) is 11.6 Å². The van der Waals surface area contributed by atoms with E-state index in [0.29, 0.717) is 12.2 Å². The third-order valence-electron chi connectivity index (χ3n) is 6.71. The summed E-state index contributed by atoms with van der Waals surface area (Å²) < 4.78 is 33.9. The van der Waals surface area contributed by atoms with E-state index in [1.54, 1.807) is 0 Å². The van der Waals surface area contributed by atoms with Crippen molar-refractivity contribution in [3.05, 3.63) is 93.5 Å². The quantitative estimate of drug-likeness (QED) is 0.291. The number of carboxylic acid groups (broad SMARTS) is 1. The second-order valence-corrected chi connectivity index (χ2v) is 12.3. The van der Waals surface area contributed by atoms with Crippen LogP contribution in [0.3, 0.4) is 0 Å². The Morgan fingerprint density at radius 2 is 1.75 bits per heavy atom. The molecule has 1 atom stereocenters. The molecule has 212 valence electrons. The van der Waals surface area contributed by atoms with Gasteiger partial charge < -0.3 is 15.2 Å². The monoisotopic (exact) mass is 604 g/mol. The molecule has 4 rings (SSSR count). The van der Waals surface area contributed by atoms with Crippen LogP contribution in [0.15, 0.2) is 71.6 Å². The molecule has 2 N–H and O–H groups in total. The van der Waals surface area contributed by atoms with Crippen LogP contribution in [0.1, 0.15) is 29.5 Å². The van der Waals surface area contributed by atoms with Gasteiger partial charge in [-0.2, -0.15) is 4.31 Å². The summed E-state index contributed by atoms with van der Waals surface area (Å²) in [6.45, 7) is -0.829. The summed E-state index contributed by atoms with van der Waals surface area (Å²) in [5, 5.41) is 12.3. The highest BCUT2D eigenvalue weighted by Gasteiger charge is 2.30. The Morgan fingerprint density at radius 1 is 1.00 bits per heavy atom. The highest BCUT2D eigenvalue weighted by atomic mass is 35.5. The molecule has 3 aromatic carbocycles. The number of aliphatic carboxylic acids is 1. The third kappa shape index (κ3) is 7.75. The highest BCUT2D eigenvalue weighted by Crippen LogP contribution is 2.28. The normalized spacial score (nSPS) is 13.6. The number of hydrogen-bond donors (Lipinski definition) is 2. The van der Waals surface area contributed by atoms with Gasteiger partial charge >= 0.3 is 5.97 Å². The predicted molar refractivity (Wildman–Crippen MR) is 154 cm³/mol. The molecule has 1 amide bonds. The van der Waals surface area contributed by atoms with E-state index >= 15 is 0 Å². The fourth-order valence-corrected chi connectivity index (χ4v) is 6.75. The number of carboxylic acids is 1. The van der Waals surface area contributed by atoms with Crippen molar-refractivity contribution in [2.75, 3.05) is 19.7 Å². The van der Waals surface area contributed by atoms with Crippen LogP contribution in [-0.4, -0.2) is 55.4 Å². The largest absolute Gasteiger partial charge is 0.492 e. The zero-order chi connectivity index (χ0) is 28.7. The first-order chi connectivity index (χ1) is 19.1. The molecule has 0 saturated heterocycles. The Labute approximate surface area is 243 Å². The summed E-state index contributed by atoms with van der Waals surface area (Å²) in [6.07, 6.45) is 3.65. The first-order valence-electron chi connectivity index (χ1n) is 12.9. The number of benzene rings is 3. The minimum atomic E-state index is -4.26. The lowest BCUT2D eigenvalue weighted by Crippen LogP contribution is -2.48. The van der Waals surface area contributed by atoms with E-state index in [1.807, 2.05) is 48.5 Å². The van der Waals surface area contributed by atoms with Crippen molar-refractivity contribution < 1.29 is 27.9 Å². The fourth-order valence-electron chi connectivity index (χ4n) is 4.62. The number of hydrogen-bond acceptors (Lipinski definition) is 5. The molecule has 0 spiro atoms. The first kappa shape index (κ1) is 29.9. The van der Waals surface area contributed by atoms with Crippen molar-refractivity contribution in [2.45, 2.75) is 43.0 Å². The maximum atomic E-state index is 13.6. The molecule has 3 aromatic rings. The zero-order valence-corrected chi connectivity index (χ0v) is 24.0. The van der Waals surface area contributed by atoms with E-state index in [9.17, 15) is 23.1 Å². The van der Waals surface area contributed by atoms with Gasteiger partial charge in [0.05, 0.1) is 11.6 Å². The summed E-state index contributed by atoms with van der Waals surface area (Å²) in [7, 11) is -4.26. The van der Waals surface area contributed by atoms with E-state index in [-0.39, 0.29) is 34.5 Å². The van der Waals surface area contributed by atoms with Crippen molar-refractivity contribution in [1.29, 1.82) is 0 Å². The van der Waals surface area contributed by atoms with Gasteiger partial charge in [-0.1, -0.05) is 59.6 Å². The van der Waals surface area contributed by atoms with Crippen LogP contribution in [0.4, 0.5) is 0 Å². The molecular formula is C29H30Cl2N2O6S. The van der Waals surface area contributed by atoms with Crippen LogP contribution in [0.2, 0.25) is 10.0 Å². The van der Waals surface area contributed by atoms with Crippen LogP contribution < -0.4 is 10.1 Å². The van der Waals surface area contributed by atoms with E-state index in [2.05, 4.69) is 5.32 Å². The number of halogens is 2. The summed E-state index contributed by atoms with van der Waals surface area (Å²) in [6, 6.07) is 17.9. The lowest BCUT2D eigenvalue weighted by molar-refractivity contribution is -0.142. The van der Waals surface area contributed by atoms with E-state index in [4.69, 9.17) is 27.9 Å². The Morgan fingerprint density at radius 3 is 2.48 bits per heavy atom. The minimum Gasteiger partial charge on any atom is -0.492 e. The predicted octanol–water partition coefficient (Wildman–Crippen LogP) is 4.75. The van der Waals surface area contributed by atoms with Crippen LogP contribution in [0.25, 0.3) is 0 Å². The van der Waals surface area contributed by atoms with Crippen molar-refractivity contribution in [1.82, 2.24) is 9.62 Å². The molecule has 1 aliphatic carbocycles. The molecule has 0 saturated carbocycles. The van der Waals surface area contributed by atoms with Crippen LogP contribution >= 0.6 is 23.2 Å². The number of fused-ring (bicyclic) bond motifs is 1. The van der Waals surface area contributed by atoms with Crippen molar-refractivity contribution >= 4 is 45.1 Å². The number of carbonyl (C=O) groups excluding carboxylic acids is 1. The van der Waals surface area contributed by atoms with E-state index in [1.165, 1.54) is 29.3 Å². The summed E-state index contributed by atoms with van der Waals surface area (Å²) in [5.41, 5.74) is 3.42. The van der Waals surface area contributed by atoms with Crippen LogP contribution in [-0.2, 0) is 38.9 Å². The van der Waals surface area contributed by atoms with Gasteiger partial charge in [-0.25, -0.2) is 13.2 Å². The zero-order valence-electron chi connectivity index (χ0n) is 21.7. The highest BCUT2D eigenvalue weighted by molar-refractivity contribution is 7.89. The maximum absolute atomic E-state index is 13.6. The van der Waals surface area contributed by atoms with Crippen molar-refractivity contribution in [3.8, 4) is 5.75 Å². The number of aryl methyl sites for hydroxylation is 3. The number of rotatable bonds is 13. The lowest BCUT2D eigenvalue weighted by Gasteiger charge is -2.24. The molecule has 40 heavy (non-hydrogen) atoms. The average molecular weight is 606 g/mol.